The number of rotatable bonds is 5. The van der Waals surface area contributed by atoms with Crippen molar-refractivity contribution in [2.24, 2.45) is 0 Å². The van der Waals surface area contributed by atoms with E-state index in [1.807, 2.05) is 6.07 Å². The molecule has 0 saturated carbocycles. The van der Waals surface area contributed by atoms with Gasteiger partial charge in [0.2, 0.25) is 0 Å². The fourth-order valence-corrected chi connectivity index (χ4v) is 4.45. The lowest BCUT2D eigenvalue weighted by molar-refractivity contribution is -0.139. The average molecular weight is 434 g/mol. The van der Waals surface area contributed by atoms with E-state index in [-0.39, 0.29) is 6.10 Å². The molecule has 31 heavy (non-hydrogen) atoms. The van der Waals surface area contributed by atoms with Crippen molar-refractivity contribution >= 4 is 10.9 Å². The number of nitrogens with zero attached hydrogens (tertiary/aromatic N) is 4. The molecule has 0 N–H and O–H groups in total. The predicted octanol–water partition coefficient (Wildman–Crippen LogP) is 3.97. The Kier molecular flexibility index (Phi) is 5.39. The monoisotopic (exact) mass is 434 g/mol. The molecule has 2 aromatic heterocycles. The van der Waals surface area contributed by atoms with E-state index >= 15 is 0 Å². The highest BCUT2D eigenvalue weighted by atomic mass is 19.4. The fourth-order valence-electron chi connectivity index (χ4n) is 4.45. The number of halogens is 3. The number of hydrogen-bond donors (Lipinski definition) is 0. The molecule has 0 amide bonds. The molecule has 0 bridgehead atoms. The lowest BCUT2D eigenvalue weighted by atomic mass is 10.1. The van der Waals surface area contributed by atoms with Crippen molar-refractivity contribution in [1.29, 1.82) is 0 Å². The van der Waals surface area contributed by atoms with Crippen LogP contribution in [0.3, 0.4) is 0 Å². The third kappa shape index (κ3) is 4.57. The molecule has 2 aliphatic rings. The first-order valence-electron chi connectivity index (χ1n) is 10.6. The molecule has 3 aromatic rings. The highest BCUT2D eigenvalue weighted by Gasteiger charge is 2.29. The Bertz CT molecular complexity index is 1030. The molecule has 4 heterocycles. The van der Waals surface area contributed by atoms with E-state index in [1.165, 1.54) is 10.8 Å². The first kappa shape index (κ1) is 20.4. The zero-order valence-electron chi connectivity index (χ0n) is 17.1. The third-order valence-corrected chi connectivity index (χ3v) is 5.95. The van der Waals surface area contributed by atoms with E-state index in [2.05, 4.69) is 20.6 Å². The summed E-state index contributed by atoms with van der Waals surface area (Å²) in [7, 11) is 0. The number of alkyl halides is 3. The summed E-state index contributed by atoms with van der Waals surface area (Å²) < 4.78 is 53.5. The summed E-state index contributed by atoms with van der Waals surface area (Å²) in [5, 5.41) is 0.722. The van der Waals surface area contributed by atoms with Gasteiger partial charge in [-0.15, -0.1) is 0 Å². The van der Waals surface area contributed by atoms with Crippen LogP contribution in [0, 0.1) is 0 Å². The van der Waals surface area contributed by atoms with Gasteiger partial charge in [0.25, 0.3) is 0 Å². The molecule has 1 aromatic carbocycles. The SMILES string of the molecule is FC(F)(F)Cn1ccc2c(OC3CCN(Cc4cn5c(n4)COCC5)CC3)cccc21. The number of piperidine rings is 1. The molecule has 0 unspecified atom stereocenters. The fraction of sp³-hybridized carbons (Fsp3) is 0.500. The Labute approximate surface area is 178 Å². The lowest BCUT2D eigenvalue weighted by Crippen LogP contribution is -2.37. The van der Waals surface area contributed by atoms with E-state index in [0.717, 1.165) is 62.5 Å². The quantitative estimate of drug-likeness (QED) is 0.610. The Morgan fingerprint density at radius 1 is 1.13 bits per heavy atom. The molecule has 0 aliphatic carbocycles. The predicted molar refractivity (Wildman–Crippen MR) is 109 cm³/mol. The van der Waals surface area contributed by atoms with Crippen molar-refractivity contribution in [3.63, 3.8) is 0 Å². The van der Waals surface area contributed by atoms with Gasteiger partial charge in [-0.25, -0.2) is 4.98 Å². The molecule has 0 radical (unpaired) electrons. The van der Waals surface area contributed by atoms with E-state index in [4.69, 9.17) is 9.47 Å². The van der Waals surface area contributed by atoms with Crippen LogP contribution in [0.25, 0.3) is 10.9 Å². The summed E-state index contributed by atoms with van der Waals surface area (Å²) in [6, 6.07) is 7.00. The Hall–Kier alpha value is -2.52. The lowest BCUT2D eigenvalue weighted by Gasteiger charge is -2.31. The second kappa shape index (κ2) is 8.20. The number of benzene rings is 1. The second-order valence-corrected chi connectivity index (χ2v) is 8.24. The smallest absolute Gasteiger partial charge is 0.406 e. The van der Waals surface area contributed by atoms with Crippen LogP contribution in [0.1, 0.15) is 24.4 Å². The molecular weight excluding hydrogens is 409 g/mol. The zero-order chi connectivity index (χ0) is 21.4. The third-order valence-electron chi connectivity index (χ3n) is 5.95. The van der Waals surface area contributed by atoms with Crippen LogP contribution in [0.2, 0.25) is 0 Å². The minimum absolute atomic E-state index is 0.0522. The molecule has 0 atom stereocenters. The molecule has 5 rings (SSSR count). The van der Waals surface area contributed by atoms with Crippen molar-refractivity contribution in [3.05, 3.63) is 48.2 Å². The van der Waals surface area contributed by atoms with Crippen molar-refractivity contribution in [2.75, 3.05) is 19.7 Å². The summed E-state index contributed by atoms with van der Waals surface area (Å²) in [6.07, 6.45) is 1.14. The average Bonchev–Trinajstić information content (AvgIpc) is 3.32. The van der Waals surface area contributed by atoms with Gasteiger partial charge in [-0.1, -0.05) is 6.07 Å². The standard InChI is InChI=1S/C22H25F3N4O2/c23-22(24,25)15-29-9-6-18-19(29)2-1-3-20(18)31-17-4-7-27(8-5-17)12-16-13-28-10-11-30-14-21(28)26-16/h1-3,6,9,13,17H,4-5,7-8,10-12,14-15H2. The number of hydrogen-bond acceptors (Lipinski definition) is 4. The van der Waals surface area contributed by atoms with Crippen LogP contribution in [-0.4, -0.2) is 51.0 Å². The van der Waals surface area contributed by atoms with Gasteiger partial charge in [0.15, 0.2) is 0 Å². The van der Waals surface area contributed by atoms with Crippen LogP contribution in [-0.2, 0) is 31.0 Å². The first-order valence-corrected chi connectivity index (χ1v) is 10.6. The molecule has 1 saturated heterocycles. The molecule has 0 spiro atoms. The maximum Gasteiger partial charge on any atom is 0.406 e. The van der Waals surface area contributed by atoms with Crippen LogP contribution < -0.4 is 4.74 Å². The van der Waals surface area contributed by atoms with Crippen LogP contribution in [0.15, 0.2) is 36.7 Å². The largest absolute Gasteiger partial charge is 0.490 e. The van der Waals surface area contributed by atoms with Gasteiger partial charge in [0.05, 0.1) is 17.8 Å². The summed E-state index contributed by atoms with van der Waals surface area (Å²) in [5.74, 6) is 1.64. The topological polar surface area (TPSA) is 44.5 Å². The van der Waals surface area contributed by atoms with E-state index in [0.29, 0.717) is 17.9 Å². The second-order valence-electron chi connectivity index (χ2n) is 8.24. The van der Waals surface area contributed by atoms with Crippen LogP contribution in [0.4, 0.5) is 13.2 Å². The molecule has 2 aliphatic heterocycles. The van der Waals surface area contributed by atoms with Gasteiger partial charge in [-0.3, -0.25) is 4.90 Å². The number of imidazole rings is 1. The Morgan fingerprint density at radius 3 is 2.74 bits per heavy atom. The molecule has 166 valence electrons. The Balaban J connectivity index is 1.20. The molecule has 6 nitrogen and oxygen atoms in total. The van der Waals surface area contributed by atoms with Gasteiger partial charge in [-0.05, 0) is 31.0 Å². The van der Waals surface area contributed by atoms with Gasteiger partial charge in [0.1, 0.15) is 30.8 Å². The van der Waals surface area contributed by atoms with Crippen LogP contribution >= 0.6 is 0 Å². The number of aromatic nitrogens is 3. The van der Waals surface area contributed by atoms with Crippen molar-refractivity contribution in [3.8, 4) is 5.75 Å². The molecule has 9 heteroatoms. The summed E-state index contributed by atoms with van der Waals surface area (Å²) in [4.78, 5) is 7.05. The minimum Gasteiger partial charge on any atom is -0.490 e. The maximum atomic E-state index is 12.8. The first-order chi connectivity index (χ1) is 14.9. The number of ether oxygens (including phenoxy) is 2. The molecule has 1 fully saturated rings. The van der Waals surface area contributed by atoms with Crippen LogP contribution in [0.5, 0.6) is 5.75 Å². The number of fused-ring (bicyclic) bond motifs is 2. The normalized spacial score (nSPS) is 18.4. The van der Waals surface area contributed by atoms with E-state index < -0.39 is 12.7 Å². The summed E-state index contributed by atoms with van der Waals surface area (Å²) >= 11 is 0. The summed E-state index contributed by atoms with van der Waals surface area (Å²) in [5.41, 5.74) is 1.61. The van der Waals surface area contributed by atoms with Gasteiger partial charge in [0, 0.05) is 44.0 Å². The highest BCUT2D eigenvalue weighted by Crippen LogP contribution is 2.31. The van der Waals surface area contributed by atoms with Crippen molar-refractivity contribution in [1.82, 2.24) is 19.0 Å². The highest BCUT2D eigenvalue weighted by molar-refractivity contribution is 5.86. The Morgan fingerprint density at radius 2 is 1.97 bits per heavy atom. The van der Waals surface area contributed by atoms with Crippen molar-refractivity contribution < 1.29 is 22.6 Å². The van der Waals surface area contributed by atoms with E-state index in [1.54, 1.807) is 18.2 Å². The van der Waals surface area contributed by atoms with E-state index in [9.17, 15) is 13.2 Å². The van der Waals surface area contributed by atoms with Gasteiger partial charge < -0.3 is 18.6 Å². The number of likely N-dealkylation sites (tertiary alicyclic amines) is 1. The minimum atomic E-state index is -4.25. The van der Waals surface area contributed by atoms with Crippen molar-refractivity contribution in [2.45, 2.75) is 51.4 Å². The summed E-state index contributed by atoms with van der Waals surface area (Å²) in [6.45, 7) is 3.77. The van der Waals surface area contributed by atoms with Gasteiger partial charge >= 0.3 is 6.18 Å². The zero-order valence-corrected chi connectivity index (χ0v) is 17.1. The maximum absolute atomic E-state index is 12.8. The molecular formula is C22H25F3N4O2. The van der Waals surface area contributed by atoms with Gasteiger partial charge in [-0.2, -0.15) is 13.2 Å².